The number of ketones is 1. The summed E-state index contributed by atoms with van der Waals surface area (Å²) < 4.78 is 0. The summed E-state index contributed by atoms with van der Waals surface area (Å²) in [4.78, 5) is 10.8. The van der Waals surface area contributed by atoms with Crippen molar-refractivity contribution in [3.05, 3.63) is 41.5 Å². The predicted octanol–water partition coefficient (Wildman–Crippen LogP) is 2.76. The third kappa shape index (κ3) is 3.79. The average Bonchev–Trinajstić information content (AvgIpc) is 2.16. The fourth-order valence-electron chi connectivity index (χ4n) is 1.22. The molecule has 0 aliphatic carbocycles. The highest BCUT2D eigenvalue weighted by Gasteiger charge is 1.96. The Labute approximate surface area is 90.2 Å². The molecule has 0 N–H and O–H groups in total. The third-order valence-electron chi connectivity index (χ3n) is 1.85. The Morgan fingerprint density at radius 3 is 2.50 bits per heavy atom. The zero-order chi connectivity index (χ0) is 10.4. The lowest BCUT2D eigenvalue weighted by molar-refractivity contribution is -0.116. The largest absolute Gasteiger partial charge is 0.300 e. The molecule has 1 aromatic rings. The Bertz CT molecular complexity index is 325. The lowest BCUT2D eigenvalue weighted by atomic mass is 10.1. The van der Waals surface area contributed by atoms with Gasteiger partial charge in [0.2, 0.25) is 0 Å². The van der Waals surface area contributed by atoms with Gasteiger partial charge in [0, 0.05) is 12.2 Å². The smallest absolute Gasteiger partial charge is 0.134 e. The molecule has 0 saturated heterocycles. The third-order valence-corrected chi connectivity index (χ3v) is 2.06. The molecule has 74 valence electrons. The van der Waals surface area contributed by atoms with E-state index >= 15 is 0 Å². The van der Waals surface area contributed by atoms with Crippen LogP contribution in [0.5, 0.6) is 0 Å². The summed E-state index contributed by atoms with van der Waals surface area (Å²) in [6.07, 6.45) is 4.53. The van der Waals surface area contributed by atoms with Crippen LogP contribution in [-0.2, 0) is 11.2 Å². The minimum absolute atomic E-state index is 0.198. The molecule has 2 heteroatoms. The topological polar surface area (TPSA) is 17.1 Å². The van der Waals surface area contributed by atoms with E-state index in [4.69, 9.17) is 0 Å². The van der Waals surface area contributed by atoms with Gasteiger partial charge in [-0.05, 0) is 18.1 Å². The standard InChI is InChI=1S/C12H14OS/c1-10(13)9-12-6-4-11(5-7-12)3-2-8-14/h2-7,14H,8-9H2,1H3. The van der Waals surface area contributed by atoms with Crippen molar-refractivity contribution in [2.45, 2.75) is 13.3 Å². The van der Waals surface area contributed by atoms with Gasteiger partial charge in [0.25, 0.3) is 0 Å². The van der Waals surface area contributed by atoms with Crippen LogP contribution in [0.15, 0.2) is 30.3 Å². The molecule has 0 aliphatic heterocycles. The van der Waals surface area contributed by atoms with Gasteiger partial charge in [-0.15, -0.1) is 0 Å². The van der Waals surface area contributed by atoms with E-state index < -0.39 is 0 Å². The summed E-state index contributed by atoms with van der Waals surface area (Å²) in [5, 5.41) is 0. The summed E-state index contributed by atoms with van der Waals surface area (Å²) in [5.41, 5.74) is 2.21. The fourth-order valence-corrected chi connectivity index (χ4v) is 1.33. The zero-order valence-corrected chi connectivity index (χ0v) is 9.13. The molecule has 0 unspecified atom stereocenters. The van der Waals surface area contributed by atoms with E-state index in [9.17, 15) is 4.79 Å². The number of Topliss-reactive ketones (excluding diaryl/α,β-unsaturated/α-hetero) is 1. The summed E-state index contributed by atoms with van der Waals surface area (Å²) in [5.74, 6) is 0.943. The monoisotopic (exact) mass is 206 g/mol. The molecule has 0 aromatic heterocycles. The van der Waals surface area contributed by atoms with Gasteiger partial charge in [-0.1, -0.05) is 36.4 Å². The Kier molecular flexibility index (Phi) is 4.47. The van der Waals surface area contributed by atoms with Gasteiger partial charge in [-0.2, -0.15) is 12.6 Å². The quantitative estimate of drug-likeness (QED) is 0.750. The molecule has 0 bridgehead atoms. The SMILES string of the molecule is CC(=O)Cc1ccc(C=CCS)cc1. The molecule has 0 saturated carbocycles. The van der Waals surface area contributed by atoms with Gasteiger partial charge in [0.15, 0.2) is 0 Å². The van der Waals surface area contributed by atoms with E-state index in [1.807, 2.05) is 36.4 Å². The lowest BCUT2D eigenvalue weighted by Gasteiger charge is -1.98. The first kappa shape index (κ1) is 11.1. The maximum absolute atomic E-state index is 10.8. The van der Waals surface area contributed by atoms with Crippen molar-refractivity contribution in [3.63, 3.8) is 0 Å². The van der Waals surface area contributed by atoms with Gasteiger partial charge < -0.3 is 0 Å². The molecule has 14 heavy (non-hydrogen) atoms. The molecule has 0 fully saturated rings. The number of carbonyl (C=O) groups is 1. The first-order valence-electron chi connectivity index (χ1n) is 4.58. The predicted molar refractivity (Wildman–Crippen MR) is 63.7 cm³/mol. The van der Waals surface area contributed by atoms with E-state index in [1.165, 1.54) is 0 Å². The van der Waals surface area contributed by atoms with E-state index in [0.717, 1.165) is 16.9 Å². The van der Waals surface area contributed by atoms with Gasteiger partial charge in [0.05, 0.1) is 0 Å². The molecule has 1 rings (SSSR count). The highest BCUT2D eigenvalue weighted by Crippen LogP contribution is 2.07. The summed E-state index contributed by atoms with van der Waals surface area (Å²) in [6.45, 7) is 1.61. The molecule has 1 nitrogen and oxygen atoms in total. The minimum Gasteiger partial charge on any atom is -0.300 e. The minimum atomic E-state index is 0.198. The van der Waals surface area contributed by atoms with Crippen molar-refractivity contribution in [2.75, 3.05) is 5.75 Å². The molecule has 0 spiro atoms. The fraction of sp³-hybridized carbons (Fsp3) is 0.250. The second-order valence-corrected chi connectivity index (χ2v) is 3.57. The van der Waals surface area contributed by atoms with Gasteiger partial charge in [-0.25, -0.2) is 0 Å². The Morgan fingerprint density at radius 2 is 2.00 bits per heavy atom. The van der Waals surface area contributed by atoms with Crippen LogP contribution in [0.3, 0.4) is 0 Å². The number of hydrogen-bond acceptors (Lipinski definition) is 2. The maximum atomic E-state index is 10.8. The van der Waals surface area contributed by atoms with E-state index in [-0.39, 0.29) is 5.78 Å². The molecule has 1 aromatic carbocycles. The molecule has 0 radical (unpaired) electrons. The molecule has 0 amide bonds. The zero-order valence-electron chi connectivity index (χ0n) is 8.23. The first-order valence-corrected chi connectivity index (χ1v) is 5.21. The molecular formula is C12H14OS. The number of benzene rings is 1. The van der Waals surface area contributed by atoms with Crippen LogP contribution in [-0.4, -0.2) is 11.5 Å². The number of rotatable bonds is 4. The maximum Gasteiger partial charge on any atom is 0.134 e. The van der Waals surface area contributed by atoms with Gasteiger partial charge in [-0.3, -0.25) is 4.79 Å². The van der Waals surface area contributed by atoms with Crippen LogP contribution < -0.4 is 0 Å². The highest BCUT2D eigenvalue weighted by atomic mass is 32.1. The Hall–Kier alpha value is -1.02. The van der Waals surface area contributed by atoms with Crippen molar-refractivity contribution < 1.29 is 4.79 Å². The van der Waals surface area contributed by atoms with Crippen molar-refractivity contribution in [3.8, 4) is 0 Å². The van der Waals surface area contributed by atoms with Crippen LogP contribution in [0.2, 0.25) is 0 Å². The first-order chi connectivity index (χ1) is 6.72. The van der Waals surface area contributed by atoms with Crippen LogP contribution >= 0.6 is 12.6 Å². The number of carbonyl (C=O) groups excluding carboxylic acids is 1. The van der Waals surface area contributed by atoms with Gasteiger partial charge >= 0.3 is 0 Å². The van der Waals surface area contributed by atoms with Crippen molar-refractivity contribution in [1.82, 2.24) is 0 Å². The highest BCUT2D eigenvalue weighted by molar-refractivity contribution is 7.80. The normalized spacial score (nSPS) is 10.7. The second kappa shape index (κ2) is 5.66. The summed E-state index contributed by atoms with van der Waals surface area (Å²) in [7, 11) is 0. The Balaban J connectivity index is 2.68. The summed E-state index contributed by atoms with van der Waals surface area (Å²) >= 11 is 4.08. The lowest BCUT2D eigenvalue weighted by Crippen LogP contribution is -1.95. The second-order valence-electron chi connectivity index (χ2n) is 3.21. The molecule has 0 heterocycles. The average molecular weight is 206 g/mol. The van der Waals surface area contributed by atoms with E-state index in [0.29, 0.717) is 6.42 Å². The van der Waals surface area contributed by atoms with Crippen LogP contribution in [0, 0.1) is 0 Å². The van der Waals surface area contributed by atoms with Crippen molar-refractivity contribution in [2.24, 2.45) is 0 Å². The van der Waals surface area contributed by atoms with Crippen molar-refractivity contribution in [1.29, 1.82) is 0 Å². The molecule has 0 atom stereocenters. The van der Waals surface area contributed by atoms with E-state index in [1.54, 1.807) is 6.92 Å². The van der Waals surface area contributed by atoms with E-state index in [2.05, 4.69) is 12.6 Å². The number of hydrogen-bond donors (Lipinski definition) is 1. The molecular weight excluding hydrogens is 192 g/mol. The van der Waals surface area contributed by atoms with Crippen LogP contribution in [0.25, 0.3) is 6.08 Å². The molecule has 0 aliphatic rings. The van der Waals surface area contributed by atoms with Crippen LogP contribution in [0.1, 0.15) is 18.1 Å². The van der Waals surface area contributed by atoms with Crippen molar-refractivity contribution >= 4 is 24.5 Å². The number of thiol groups is 1. The van der Waals surface area contributed by atoms with Gasteiger partial charge in [0.1, 0.15) is 5.78 Å². The summed E-state index contributed by atoms with van der Waals surface area (Å²) in [6, 6.07) is 8.00. The van der Waals surface area contributed by atoms with Crippen LogP contribution in [0.4, 0.5) is 0 Å². The Morgan fingerprint density at radius 1 is 1.36 bits per heavy atom.